The van der Waals surface area contributed by atoms with E-state index in [1.165, 1.54) is 39.0 Å². The lowest BCUT2D eigenvalue weighted by Gasteiger charge is -2.22. The monoisotopic (exact) mass is 314 g/mol. The van der Waals surface area contributed by atoms with Crippen molar-refractivity contribution in [1.29, 1.82) is 0 Å². The molecule has 0 saturated heterocycles. The SMILES string of the molecule is C=C1/C(=C\C(=C/C)Cc2ccc(C)cc2)C(C)(C)c2ccccc21. The Morgan fingerprint density at radius 3 is 2.33 bits per heavy atom. The lowest BCUT2D eigenvalue weighted by molar-refractivity contribution is 0.660. The Morgan fingerprint density at radius 2 is 1.71 bits per heavy atom. The van der Waals surface area contributed by atoms with Gasteiger partial charge in [-0.3, -0.25) is 0 Å². The van der Waals surface area contributed by atoms with Crippen molar-refractivity contribution >= 4 is 5.57 Å². The maximum absolute atomic E-state index is 4.38. The van der Waals surface area contributed by atoms with Crippen LogP contribution in [0.15, 0.2) is 78.4 Å². The molecule has 1 aliphatic carbocycles. The molecule has 1 aliphatic rings. The zero-order chi connectivity index (χ0) is 17.3. The van der Waals surface area contributed by atoms with Crippen molar-refractivity contribution in [2.75, 3.05) is 0 Å². The van der Waals surface area contributed by atoms with E-state index in [0.717, 1.165) is 6.42 Å². The molecule has 0 heterocycles. The van der Waals surface area contributed by atoms with Gasteiger partial charge in [0, 0.05) is 5.41 Å². The molecule has 3 rings (SSSR count). The van der Waals surface area contributed by atoms with E-state index < -0.39 is 0 Å². The number of aryl methyl sites for hydroxylation is 1. The predicted molar refractivity (Wildman–Crippen MR) is 105 cm³/mol. The molecule has 0 bridgehead atoms. The normalized spacial score (nSPS) is 18.1. The second kappa shape index (κ2) is 6.28. The van der Waals surface area contributed by atoms with Crippen molar-refractivity contribution in [3.8, 4) is 0 Å². The van der Waals surface area contributed by atoms with Crippen LogP contribution in [-0.2, 0) is 11.8 Å². The Bertz CT molecular complexity index is 827. The Morgan fingerprint density at radius 1 is 1.04 bits per heavy atom. The van der Waals surface area contributed by atoms with E-state index in [9.17, 15) is 0 Å². The highest BCUT2D eigenvalue weighted by Gasteiger charge is 2.36. The molecule has 0 saturated carbocycles. The minimum Gasteiger partial charge on any atom is -0.0908 e. The summed E-state index contributed by atoms with van der Waals surface area (Å²) < 4.78 is 0. The van der Waals surface area contributed by atoms with Crippen LogP contribution in [0.2, 0.25) is 0 Å². The highest BCUT2D eigenvalue weighted by atomic mass is 14.4. The van der Waals surface area contributed by atoms with Gasteiger partial charge >= 0.3 is 0 Å². The van der Waals surface area contributed by atoms with Crippen LogP contribution in [-0.4, -0.2) is 0 Å². The minimum atomic E-state index is 0.00914. The molecule has 0 aromatic heterocycles. The molecule has 0 heteroatoms. The fourth-order valence-corrected chi connectivity index (χ4v) is 3.59. The maximum atomic E-state index is 4.38. The topological polar surface area (TPSA) is 0 Å². The smallest absolute Gasteiger partial charge is 0.0158 e. The van der Waals surface area contributed by atoms with E-state index in [1.807, 2.05) is 0 Å². The van der Waals surface area contributed by atoms with Gasteiger partial charge in [-0.15, -0.1) is 0 Å². The van der Waals surface area contributed by atoms with E-state index >= 15 is 0 Å². The molecule has 0 unspecified atom stereocenters. The summed E-state index contributed by atoms with van der Waals surface area (Å²) in [6.45, 7) is 13.2. The lowest BCUT2D eigenvalue weighted by Crippen LogP contribution is -2.15. The quantitative estimate of drug-likeness (QED) is 0.613. The van der Waals surface area contributed by atoms with Crippen LogP contribution < -0.4 is 0 Å². The molecule has 0 amide bonds. The first-order valence-electron chi connectivity index (χ1n) is 8.65. The maximum Gasteiger partial charge on any atom is 0.0158 e. The molecule has 0 spiro atoms. The Balaban J connectivity index is 1.95. The van der Waals surface area contributed by atoms with Gasteiger partial charge in [0.05, 0.1) is 0 Å². The van der Waals surface area contributed by atoms with Crippen molar-refractivity contribution < 1.29 is 0 Å². The van der Waals surface area contributed by atoms with Gasteiger partial charge < -0.3 is 0 Å². The molecule has 0 fully saturated rings. The fourth-order valence-electron chi connectivity index (χ4n) is 3.59. The number of rotatable bonds is 3. The van der Waals surface area contributed by atoms with Crippen molar-refractivity contribution in [1.82, 2.24) is 0 Å². The zero-order valence-electron chi connectivity index (χ0n) is 15.2. The van der Waals surface area contributed by atoms with E-state index in [4.69, 9.17) is 0 Å². The van der Waals surface area contributed by atoms with Crippen molar-refractivity contribution in [2.45, 2.75) is 39.5 Å². The second-order valence-electron chi connectivity index (χ2n) is 7.23. The molecule has 24 heavy (non-hydrogen) atoms. The van der Waals surface area contributed by atoms with Gasteiger partial charge in [-0.25, -0.2) is 0 Å². The molecular weight excluding hydrogens is 288 g/mol. The minimum absolute atomic E-state index is 0.00914. The molecule has 2 aromatic carbocycles. The highest BCUT2D eigenvalue weighted by Crippen LogP contribution is 2.49. The Kier molecular flexibility index (Phi) is 4.32. The highest BCUT2D eigenvalue weighted by molar-refractivity contribution is 5.88. The number of hydrogen-bond donors (Lipinski definition) is 0. The third kappa shape index (κ3) is 2.89. The van der Waals surface area contributed by atoms with Gasteiger partial charge in [0.25, 0.3) is 0 Å². The van der Waals surface area contributed by atoms with Crippen LogP contribution in [0.5, 0.6) is 0 Å². The molecule has 0 radical (unpaired) electrons. The van der Waals surface area contributed by atoms with Crippen LogP contribution in [0, 0.1) is 6.92 Å². The first-order valence-corrected chi connectivity index (χ1v) is 8.65. The van der Waals surface area contributed by atoms with Crippen LogP contribution in [0.3, 0.4) is 0 Å². The molecule has 0 N–H and O–H groups in total. The van der Waals surface area contributed by atoms with Crippen LogP contribution >= 0.6 is 0 Å². The summed E-state index contributed by atoms with van der Waals surface area (Å²) >= 11 is 0. The number of benzene rings is 2. The van der Waals surface area contributed by atoms with Gasteiger partial charge in [-0.05, 0) is 53.7 Å². The predicted octanol–water partition coefficient (Wildman–Crippen LogP) is 6.41. The first kappa shape index (κ1) is 16.5. The van der Waals surface area contributed by atoms with Crippen LogP contribution in [0.1, 0.15) is 43.0 Å². The van der Waals surface area contributed by atoms with E-state index in [-0.39, 0.29) is 5.41 Å². The summed E-state index contributed by atoms with van der Waals surface area (Å²) in [5, 5.41) is 0. The van der Waals surface area contributed by atoms with Gasteiger partial charge in [0.15, 0.2) is 0 Å². The first-order chi connectivity index (χ1) is 11.4. The molecule has 0 aliphatic heterocycles. The standard InChI is InChI=1S/C24H26/c1-6-19(15-20-13-11-17(2)12-14-20)16-23-18(3)21-9-7-8-10-22(21)24(23,4)5/h6-14,16H,3,15H2,1-2,4-5H3/b19-6-,23-16+. The molecule has 2 aromatic rings. The average molecular weight is 314 g/mol. The van der Waals surface area contributed by atoms with Crippen molar-refractivity contribution in [3.05, 3.63) is 101 Å². The number of allylic oxidation sites excluding steroid dienone is 5. The molecule has 122 valence electrons. The van der Waals surface area contributed by atoms with E-state index in [2.05, 4.69) is 95.0 Å². The van der Waals surface area contributed by atoms with E-state index in [0.29, 0.717) is 0 Å². The third-order valence-electron chi connectivity index (χ3n) is 5.15. The summed E-state index contributed by atoms with van der Waals surface area (Å²) in [5.74, 6) is 0. The fraction of sp³-hybridized carbons (Fsp3) is 0.250. The summed E-state index contributed by atoms with van der Waals surface area (Å²) in [4.78, 5) is 0. The average Bonchev–Trinajstić information content (AvgIpc) is 2.77. The number of hydrogen-bond acceptors (Lipinski definition) is 0. The van der Waals surface area contributed by atoms with Gasteiger partial charge in [0.1, 0.15) is 0 Å². The van der Waals surface area contributed by atoms with E-state index in [1.54, 1.807) is 0 Å². The molecular formula is C24H26. The largest absolute Gasteiger partial charge is 0.0908 e. The zero-order valence-corrected chi connectivity index (χ0v) is 15.2. The summed E-state index contributed by atoms with van der Waals surface area (Å²) in [6.07, 6.45) is 5.53. The molecule has 0 nitrogen and oxygen atoms in total. The van der Waals surface area contributed by atoms with Crippen molar-refractivity contribution in [2.24, 2.45) is 0 Å². The Labute approximate surface area is 146 Å². The lowest BCUT2D eigenvalue weighted by atomic mass is 9.81. The third-order valence-corrected chi connectivity index (χ3v) is 5.15. The summed E-state index contributed by atoms with van der Waals surface area (Å²) in [5.41, 5.74) is 9.18. The number of fused-ring (bicyclic) bond motifs is 1. The van der Waals surface area contributed by atoms with Gasteiger partial charge in [-0.2, -0.15) is 0 Å². The summed E-state index contributed by atoms with van der Waals surface area (Å²) in [6, 6.07) is 17.5. The van der Waals surface area contributed by atoms with Gasteiger partial charge in [-0.1, -0.05) is 86.7 Å². The van der Waals surface area contributed by atoms with Crippen LogP contribution in [0.4, 0.5) is 0 Å². The van der Waals surface area contributed by atoms with Gasteiger partial charge in [0.2, 0.25) is 0 Å². The van der Waals surface area contributed by atoms with Crippen molar-refractivity contribution in [3.63, 3.8) is 0 Å². The van der Waals surface area contributed by atoms with Crippen LogP contribution in [0.25, 0.3) is 5.57 Å². The summed E-state index contributed by atoms with van der Waals surface area (Å²) in [7, 11) is 0. The molecule has 0 atom stereocenters. The second-order valence-corrected chi connectivity index (χ2v) is 7.23. The Hall–Kier alpha value is -2.34.